The molecule has 130 valence electrons. The summed E-state index contributed by atoms with van der Waals surface area (Å²) in [5, 5.41) is 0. The van der Waals surface area contributed by atoms with Gasteiger partial charge in [-0.15, -0.1) is 0 Å². The normalized spacial score (nSPS) is 20.3. The van der Waals surface area contributed by atoms with Gasteiger partial charge in [0, 0.05) is 26.1 Å². The molecule has 2 fully saturated rings. The van der Waals surface area contributed by atoms with Crippen molar-refractivity contribution in [2.75, 3.05) is 33.3 Å². The zero-order valence-corrected chi connectivity index (χ0v) is 15.8. The smallest absolute Gasteiger partial charge is 0.337 e. The van der Waals surface area contributed by atoms with Crippen molar-refractivity contribution in [2.45, 2.75) is 25.4 Å². The van der Waals surface area contributed by atoms with E-state index in [9.17, 15) is 9.59 Å². The number of hydrogen-bond acceptors (Lipinski definition) is 4. The minimum atomic E-state index is -0.359. The summed E-state index contributed by atoms with van der Waals surface area (Å²) in [6.07, 6.45) is 3.03. The van der Waals surface area contributed by atoms with E-state index in [2.05, 4.69) is 22.6 Å². The fourth-order valence-corrected chi connectivity index (χ4v) is 3.77. The Balaban J connectivity index is 1.59. The zero-order valence-electron chi connectivity index (χ0n) is 13.7. The molecule has 0 aromatic heterocycles. The lowest BCUT2D eigenvalue weighted by molar-refractivity contribution is 0.0600. The van der Waals surface area contributed by atoms with Crippen LogP contribution in [-0.2, 0) is 4.74 Å². The molecule has 7 heteroatoms. The van der Waals surface area contributed by atoms with Crippen LogP contribution in [0.15, 0.2) is 18.2 Å². The summed E-state index contributed by atoms with van der Waals surface area (Å²) in [6, 6.07) is 5.38. The second-order valence-corrected chi connectivity index (χ2v) is 7.25. The Bertz CT molecular complexity index is 631. The number of esters is 1. The molecule has 1 aromatic rings. The molecule has 1 aromatic carbocycles. The predicted molar refractivity (Wildman–Crippen MR) is 97.3 cm³/mol. The maximum Gasteiger partial charge on any atom is 0.337 e. The van der Waals surface area contributed by atoms with Crippen LogP contribution >= 0.6 is 22.6 Å². The number of likely N-dealkylation sites (tertiary alicyclic amines) is 2. The molecule has 3 rings (SSSR count). The summed E-state index contributed by atoms with van der Waals surface area (Å²) in [5.74, 6) is 0.381. The van der Waals surface area contributed by atoms with Crippen LogP contribution in [0.2, 0.25) is 0 Å². The predicted octanol–water partition coefficient (Wildman–Crippen LogP) is 2.75. The van der Waals surface area contributed by atoms with Gasteiger partial charge in [0.25, 0.3) is 0 Å². The second-order valence-electron chi connectivity index (χ2n) is 6.09. The van der Waals surface area contributed by atoms with Gasteiger partial charge >= 0.3 is 12.0 Å². The third-order valence-corrected chi connectivity index (χ3v) is 5.28. The molecular formula is C17H21IN2O4. The highest BCUT2D eigenvalue weighted by molar-refractivity contribution is 14.1. The van der Waals surface area contributed by atoms with Crippen LogP contribution in [0.1, 0.15) is 29.6 Å². The number of carbonyl (C=O) groups is 2. The van der Waals surface area contributed by atoms with Gasteiger partial charge in [0.1, 0.15) is 11.9 Å². The summed E-state index contributed by atoms with van der Waals surface area (Å²) in [4.78, 5) is 27.8. The molecule has 0 spiro atoms. The van der Waals surface area contributed by atoms with E-state index in [-0.39, 0.29) is 18.1 Å². The number of nitrogens with zero attached hydrogens (tertiary/aromatic N) is 2. The van der Waals surface area contributed by atoms with Gasteiger partial charge in [-0.05, 0) is 53.6 Å². The number of amides is 2. The number of rotatable bonds is 3. The van der Waals surface area contributed by atoms with Crippen LogP contribution < -0.4 is 4.74 Å². The molecule has 1 atom stereocenters. The SMILES string of the molecule is COC(=O)c1ccc(OC2CCN(C(=O)N3CCCC3)C2)c(I)c1. The molecular weight excluding hydrogens is 423 g/mol. The molecule has 2 aliphatic rings. The fraction of sp³-hybridized carbons (Fsp3) is 0.529. The average molecular weight is 444 g/mol. The van der Waals surface area contributed by atoms with E-state index >= 15 is 0 Å². The zero-order chi connectivity index (χ0) is 17.1. The van der Waals surface area contributed by atoms with E-state index in [1.807, 2.05) is 9.80 Å². The van der Waals surface area contributed by atoms with Crippen LogP contribution in [0, 0.1) is 3.57 Å². The summed E-state index contributed by atoms with van der Waals surface area (Å²) >= 11 is 2.15. The number of urea groups is 1. The molecule has 0 N–H and O–H groups in total. The lowest BCUT2D eigenvalue weighted by Crippen LogP contribution is -2.41. The minimum absolute atomic E-state index is 0.00551. The molecule has 2 saturated heterocycles. The largest absolute Gasteiger partial charge is 0.487 e. The summed E-state index contributed by atoms with van der Waals surface area (Å²) in [5.41, 5.74) is 0.506. The van der Waals surface area contributed by atoms with Crippen molar-refractivity contribution in [3.8, 4) is 5.75 Å². The van der Waals surface area contributed by atoms with E-state index in [1.54, 1.807) is 18.2 Å². The molecule has 0 saturated carbocycles. The first-order chi connectivity index (χ1) is 11.6. The Morgan fingerprint density at radius 3 is 2.58 bits per heavy atom. The van der Waals surface area contributed by atoms with Crippen LogP contribution in [0.4, 0.5) is 4.79 Å². The van der Waals surface area contributed by atoms with E-state index < -0.39 is 0 Å². The number of hydrogen-bond donors (Lipinski definition) is 0. The van der Waals surface area contributed by atoms with Crippen molar-refractivity contribution in [3.05, 3.63) is 27.3 Å². The van der Waals surface area contributed by atoms with Gasteiger partial charge in [0.15, 0.2) is 0 Å². The lowest BCUT2D eigenvalue weighted by Gasteiger charge is -2.24. The van der Waals surface area contributed by atoms with Gasteiger partial charge in [0.2, 0.25) is 0 Å². The molecule has 24 heavy (non-hydrogen) atoms. The summed E-state index contributed by atoms with van der Waals surface area (Å²) < 4.78 is 11.6. The number of carbonyl (C=O) groups excluding carboxylic acids is 2. The van der Waals surface area contributed by atoms with Crippen LogP contribution in [0.3, 0.4) is 0 Å². The van der Waals surface area contributed by atoms with Crippen molar-refractivity contribution in [3.63, 3.8) is 0 Å². The molecule has 1 unspecified atom stereocenters. The Labute approximate surface area is 155 Å². The highest BCUT2D eigenvalue weighted by atomic mass is 127. The Morgan fingerprint density at radius 2 is 1.92 bits per heavy atom. The molecule has 0 radical (unpaired) electrons. The van der Waals surface area contributed by atoms with Gasteiger partial charge in [0.05, 0.1) is 22.8 Å². The Morgan fingerprint density at radius 1 is 1.17 bits per heavy atom. The fourth-order valence-electron chi connectivity index (χ4n) is 3.13. The number of methoxy groups -OCH3 is 1. The standard InChI is InChI=1S/C17H21IN2O4/c1-23-16(21)12-4-5-15(14(18)10-12)24-13-6-9-20(11-13)17(22)19-7-2-3-8-19/h4-5,10,13H,2-3,6-9,11H2,1H3. The quantitative estimate of drug-likeness (QED) is 0.532. The van der Waals surface area contributed by atoms with Crippen LogP contribution in [0.25, 0.3) is 0 Å². The first kappa shape index (κ1) is 17.3. The molecule has 2 aliphatic heterocycles. The molecule has 0 aliphatic carbocycles. The highest BCUT2D eigenvalue weighted by Gasteiger charge is 2.31. The third-order valence-electron chi connectivity index (χ3n) is 4.44. The maximum absolute atomic E-state index is 12.4. The van der Waals surface area contributed by atoms with Crippen molar-refractivity contribution >= 4 is 34.6 Å². The Hall–Kier alpha value is -1.51. The average Bonchev–Trinajstić information content (AvgIpc) is 3.27. The summed E-state index contributed by atoms with van der Waals surface area (Å²) in [7, 11) is 1.37. The number of ether oxygens (including phenoxy) is 2. The van der Waals surface area contributed by atoms with Crippen molar-refractivity contribution < 1.29 is 19.1 Å². The molecule has 2 amide bonds. The van der Waals surface area contributed by atoms with E-state index in [1.165, 1.54) is 7.11 Å². The van der Waals surface area contributed by atoms with Gasteiger partial charge < -0.3 is 19.3 Å². The highest BCUT2D eigenvalue weighted by Crippen LogP contribution is 2.26. The second kappa shape index (κ2) is 7.58. The molecule has 0 bridgehead atoms. The van der Waals surface area contributed by atoms with Crippen LogP contribution in [0.5, 0.6) is 5.75 Å². The maximum atomic E-state index is 12.4. The van der Waals surface area contributed by atoms with E-state index in [0.717, 1.165) is 48.2 Å². The molecule has 2 heterocycles. The van der Waals surface area contributed by atoms with Gasteiger partial charge in [-0.2, -0.15) is 0 Å². The number of benzene rings is 1. The summed E-state index contributed by atoms with van der Waals surface area (Å²) in [6.45, 7) is 3.09. The van der Waals surface area contributed by atoms with Gasteiger partial charge in [-0.1, -0.05) is 0 Å². The molecule has 6 nitrogen and oxygen atoms in total. The lowest BCUT2D eigenvalue weighted by atomic mass is 10.2. The first-order valence-corrected chi connectivity index (χ1v) is 9.24. The van der Waals surface area contributed by atoms with Crippen molar-refractivity contribution in [2.24, 2.45) is 0 Å². The third kappa shape index (κ3) is 3.76. The monoisotopic (exact) mass is 444 g/mol. The van der Waals surface area contributed by atoms with Gasteiger partial charge in [-0.25, -0.2) is 9.59 Å². The Kier molecular flexibility index (Phi) is 5.47. The van der Waals surface area contributed by atoms with Crippen LogP contribution in [-0.4, -0.2) is 61.2 Å². The number of halogens is 1. The van der Waals surface area contributed by atoms with Crippen molar-refractivity contribution in [1.82, 2.24) is 9.80 Å². The van der Waals surface area contributed by atoms with Crippen molar-refractivity contribution in [1.29, 1.82) is 0 Å². The van der Waals surface area contributed by atoms with E-state index in [0.29, 0.717) is 12.1 Å². The van der Waals surface area contributed by atoms with Gasteiger partial charge in [-0.3, -0.25) is 0 Å². The van der Waals surface area contributed by atoms with E-state index in [4.69, 9.17) is 9.47 Å². The topological polar surface area (TPSA) is 59.1 Å². The first-order valence-electron chi connectivity index (χ1n) is 8.17. The minimum Gasteiger partial charge on any atom is -0.487 e.